The predicted molar refractivity (Wildman–Crippen MR) is 140 cm³/mol. The summed E-state index contributed by atoms with van der Waals surface area (Å²) < 4.78 is 28.9. The number of nitrogens with zero attached hydrogens (tertiary/aromatic N) is 1. The maximum absolute atomic E-state index is 14.7. The molecule has 1 aliphatic heterocycles. The van der Waals surface area contributed by atoms with Gasteiger partial charge in [0, 0.05) is 28.3 Å². The molecule has 0 aromatic heterocycles. The topological polar surface area (TPSA) is 66.5 Å². The maximum atomic E-state index is 14.7. The minimum Gasteiger partial charge on any atom is -0.347 e. The molecule has 0 bridgehead atoms. The van der Waals surface area contributed by atoms with Crippen LogP contribution in [0.25, 0.3) is 0 Å². The van der Waals surface area contributed by atoms with E-state index >= 15 is 0 Å². The number of benzene rings is 3. The number of likely N-dealkylation sites (tertiary alicyclic amines) is 1. The van der Waals surface area contributed by atoms with E-state index in [1.807, 2.05) is 13.0 Å². The van der Waals surface area contributed by atoms with Crippen molar-refractivity contribution in [2.24, 2.45) is 5.92 Å². The van der Waals surface area contributed by atoms with Crippen molar-refractivity contribution in [2.75, 3.05) is 0 Å². The lowest BCUT2D eigenvalue weighted by atomic mass is 10.00. The molecule has 0 unspecified atom stereocenters. The van der Waals surface area contributed by atoms with Gasteiger partial charge in [-0.2, -0.15) is 0 Å². The van der Waals surface area contributed by atoms with Gasteiger partial charge in [0.2, 0.25) is 5.91 Å². The summed E-state index contributed by atoms with van der Waals surface area (Å²) in [4.78, 5) is 41.6. The number of rotatable bonds is 7. The molecule has 0 radical (unpaired) electrons. The second kappa shape index (κ2) is 10.7. The molecule has 5 nitrogen and oxygen atoms in total. The van der Waals surface area contributed by atoms with Crippen LogP contribution in [0, 0.1) is 17.6 Å². The second-order valence-corrected chi connectivity index (χ2v) is 10.4. The van der Waals surface area contributed by atoms with Crippen LogP contribution in [-0.2, 0) is 4.79 Å². The van der Waals surface area contributed by atoms with Gasteiger partial charge in [-0.25, -0.2) is 8.78 Å². The zero-order valence-corrected chi connectivity index (χ0v) is 21.6. The predicted octanol–water partition coefficient (Wildman–Crippen LogP) is 6.11. The van der Waals surface area contributed by atoms with Crippen LogP contribution >= 0.6 is 11.6 Å². The lowest BCUT2D eigenvalue weighted by Gasteiger charge is -2.30. The summed E-state index contributed by atoms with van der Waals surface area (Å²) in [5, 5.41) is 2.58. The standard InChI is InChI=1S/C30H27ClF2N2O3/c1-17-10-13-26(29(37)34-27(18-11-12-18)22-15-25(33)23(31)16-24(22)32)35(17)30(38)21-9-5-8-20(14-21)28(36)19-6-3-2-4-7-19/h2-9,14-18,26-27H,10-13H2,1H3,(H,34,37)/t17-,26-,27-/m1/s1. The largest absolute Gasteiger partial charge is 0.347 e. The van der Waals surface area contributed by atoms with Gasteiger partial charge in [0.1, 0.15) is 17.7 Å². The van der Waals surface area contributed by atoms with Crippen molar-refractivity contribution < 1.29 is 23.2 Å². The minimum absolute atomic E-state index is 0.0160. The van der Waals surface area contributed by atoms with Gasteiger partial charge >= 0.3 is 0 Å². The monoisotopic (exact) mass is 536 g/mol. The van der Waals surface area contributed by atoms with Gasteiger partial charge in [-0.1, -0.05) is 54.1 Å². The van der Waals surface area contributed by atoms with Gasteiger partial charge in [0.25, 0.3) is 5.91 Å². The zero-order chi connectivity index (χ0) is 27.0. The van der Waals surface area contributed by atoms with Crippen LogP contribution in [0.3, 0.4) is 0 Å². The van der Waals surface area contributed by atoms with Crippen LogP contribution in [0.1, 0.15) is 70.5 Å². The summed E-state index contributed by atoms with van der Waals surface area (Å²) in [6, 6.07) is 15.5. The Hall–Kier alpha value is -3.58. The Morgan fingerprint density at radius 3 is 2.26 bits per heavy atom. The molecule has 8 heteroatoms. The zero-order valence-electron chi connectivity index (χ0n) is 20.8. The first-order chi connectivity index (χ1) is 18.2. The van der Waals surface area contributed by atoms with Crippen molar-refractivity contribution in [3.63, 3.8) is 0 Å². The highest BCUT2D eigenvalue weighted by atomic mass is 35.5. The van der Waals surface area contributed by atoms with Crippen LogP contribution < -0.4 is 5.32 Å². The fraction of sp³-hybridized carbons (Fsp3) is 0.300. The van der Waals surface area contributed by atoms with E-state index in [0.29, 0.717) is 29.5 Å². The Kier molecular flexibility index (Phi) is 7.30. The maximum Gasteiger partial charge on any atom is 0.254 e. The number of carbonyl (C=O) groups excluding carboxylic acids is 3. The molecule has 1 saturated carbocycles. The van der Waals surface area contributed by atoms with Crippen molar-refractivity contribution >= 4 is 29.2 Å². The molecular formula is C30H27ClF2N2O3. The number of ketones is 1. The Labute approximate surface area is 224 Å². The molecule has 3 aromatic rings. The fourth-order valence-electron chi connectivity index (χ4n) is 5.19. The molecule has 2 aliphatic rings. The Bertz CT molecular complexity index is 1390. The Morgan fingerprint density at radius 2 is 1.55 bits per heavy atom. The van der Waals surface area contributed by atoms with E-state index in [1.54, 1.807) is 48.5 Å². The van der Waals surface area contributed by atoms with E-state index < -0.39 is 29.6 Å². The Morgan fingerprint density at radius 1 is 0.868 bits per heavy atom. The quantitative estimate of drug-likeness (QED) is 0.293. The third-order valence-electron chi connectivity index (χ3n) is 7.38. The third-order valence-corrected chi connectivity index (χ3v) is 7.67. The number of nitrogens with one attached hydrogen (secondary N) is 1. The van der Waals surface area contributed by atoms with Gasteiger partial charge in [-0.05, 0) is 62.8 Å². The van der Waals surface area contributed by atoms with E-state index in [-0.39, 0.29) is 34.2 Å². The summed E-state index contributed by atoms with van der Waals surface area (Å²) in [7, 11) is 0. The Balaban J connectivity index is 1.37. The van der Waals surface area contributed by atoms with Crippen molar-refractivity contribution in [2.45, 2.75) is 50.7 Å². The van der Waals surface area contributed by atoms with Crippen LogP contribution in [-0.4, -0.2) is 34.6 Å². The number of hydrogen-bond acceptors (Lipinski definition) is 3. The third kappa shape index (κ3) is 5.20. The highest BCUT2D eigenvalue weighted by Crippen LogP contribution is 2.43. The second-order valence-electron chi connectivity index (χ2n) is 10.0. The summed E-state index contributed by atoms with van der Waals surface area (Å²) >= 11 is 5.72. The van der Waals surface area contributed by atoms with Gasteiger partial charge in [0.05, 0.1) is 11.1 Å². The molecule has 1 saturated heterocycles. The number of amides is 2. The van der Waals surface area contributed by atoms with Crippen molar-refractivity contribution in [3.05, 3.63) is 106 Å². The lowest BCUT2D eigenvalue weighted by molar-refractivity contribution is -0.126. The van der Waals surface area contributed by atoms with E-state index in [2.05, 4.69) is 5.32 Å². The molecule has 3 atom stereocenters. The number of carbonyl (C=O) groups is 3. The van der Waals surface area contributed by atoms with Gasteiger partial charge in [-0.15, -0.1) is 0 Å². The van der Waals surface area contributed by atoms with Crippen LogP contribution in [0.5, 0.6) is 0 Å². The van der Waals surface area contributed by atoms with E-state index in [9.17, 15) is 23.2 Å². The van der Waals surface area contributed by atoms with Gasteiger partial charge < -0.3 is 10.2 Å². The average molecular weight is 537 g/mol. The molecule has 5 rings (SSSR count). The lowest BCUT2D eigenvalue weighted by Crippen LogP contribution is -2.49. The SMILES string of the molecule is C[C@@H]1CC[C@H](C(=O)N[C@@H](c2cc(F)c(Cl)cc2F)C2CC2)N1C(=O)c1cccc(C(=O)c2ccccc2)c1. The average Bonchev–Trinajstić information content (AvgIpc) is 3.70. The van der Waals surface area contributed by atoms with Crippen LogP contribution in [0.4, 0.5) is 8.78 Å². The van der Waals surface area contributed by atoms with Gasteiger partial charge in [0.15, 0.2) is 5.78 Å². The molecular weight excluding hydrogens is 510 g/mol. The number of halogens is 3. The fourth-order valence-corrected chi connectivity index (χ4v) is 5.34. The smallest absolute Gasteiger partial charge is 0.254 e. The van der Waals surface area contributed by atoms with E-state index in [4.69, 9.17) is 11.6 Å². The summed E-state index contributed by atoms with van der Waals surface area (Å²) in [6.07, 6.45) is 2.61. The molecule has 3 aromatic carbocycles. The molecule has 2 amide bonds. The highest BCUT2D eigenvalue weighted by molar-refractivity contribution is 6.30. The summed E-state index contributed by atoms with van der Waals surface area (Å²) in [5.74, 6) is -2.41. The first-order valence-electron chi connectivity index (χ1n) is 12.7. The molecule has 1 N–H and O–H groups in total. The molecule has 38 heavy (non-hydrogen) atoms. The van der Waals surface area contributed by atoms with Crippen LogP contribution in [0.2, 0.25) is 5.02 Å². The van der Waals surface area contributed by atoms with E-state index in [1.165, 1.54) is 4.90 Å². The van der Waals surface area contributed by atoms with E-state index in [0.717, 1.165) is 25.0 Å². The molecule has 1 heterocycles. The van der Waals surface area contributed by atoms with Crippen molar-refractivity contribution in [3.8, 4) is 0 Å². The molecule has 196 valence electrons. The summed E-state index contributed by atoms with van der Waals surface area (Å²) in [6.45, 7) is 1.87. The molecule has 1 aliphatic carbocycles. The molecule has 0 spiro atoms. The number of hydrogen-bond donors (Lipinski definition) is 1. The van der Waals surface area contributed by atoms with Crippen molar-refractivity contribution in [1.29, 1.82) is 0 Å². The normalized spacial score (nSPS) is 19.7. The molecule has 2 fully saturated rings. The van der Waals surface area contributed by atoms with Gasteiger partial charge in [-0.3, -0.25) is 14.4 Å². The highest BCUT2D eigenvalue weighted by Gasteiger charge is 2.42. The summed E-state index contributed by atoms with van der Waals surface area (Å²) in [5.41, 5.74) is 1.26. The van der Waals surface area contributed by atoms with Crippen molar-refractivity contribution in [1.82, 2.24) is 10.2 Å². The first-order valence-corrected chi connectivity index (χ1v) is 13.1. The van der Waals surface area contributed by atoms with Crippen LogP contribution in [0.15, 0.2) is 66.7 Å². The first kappa shape index (κ1) is 26.0. The minimum atomic E-state index is -0.771.